The minimum absolute atomic E-state index is 0.122. The van der Waals surface area contributed by atoms with E-state index in [1.807, 2.05) is 6.92 Å². The maximum Gasteiger partial charge on any atom is 0.416 e. The normalized spacial score (nSPS) is 11.8. The molecule has 32 heavy (non-hydrogen) atoms. The number of carboxylic acid groups (broad SMARTS) is 1. The molecule has 0 unspecified atom stereocenters. The highest BCUT2D eigenvalue weighted by Crippen LogP contribution is 2.34. The summed E-state index contributed by atoms with van der Waals surface area (Å²) in [5, 5.41) is 14.2. The summed E-state index contributed by atoms with van der Waals surface area (Å²) in [6.45, 7) is 2.14. The van der Waals surface area contributed by atoms with Crippen molar-refractivity contribution in [3.63, 3.8) is 0 Å². The third kappa shape index (κ3) is 5.28. The second-order valence-corrected chi connectivity index (χ2v) is 7.53. The van der Waals surface area contributed by atoms with E-state index in [1.165, 1.54) is 17.3 Å². The van der Waals surface area contributed by atoms with Crippen LogP contribution in [0.2, 0.25) is 0 Å². The molecular formula is C21H16F5N3O2S. The van der Waals surface area contributed by atoms with Crippen molar-refractivity contribution in [2.75, 3.05) is 11.6 Å². The summed E-state index contributed by atoms with van der Waals surface area (Å²) in [5.74, 6) is -2.05. The lowest BCUT2D eigenvalue weighted by Gasteiger charge is -2.14. The molecule has 0 saturated heterocycles. The predicted molar refractivity (Wildman–Crippen MR) is 111 cm³/mol. The van der Waals surface area contributed by atoms with Gasteiger partial charge in [0.1, 0.15) is 11.5 Å². The van der Waals surface area contributed by atoms with Gasteiger partial charge >= 0.3 is 12.1 Å². The molecule has 0 aliphatic rings. The molecule has 0 bridgehead atoms. The van der Waals surface area contributed by atoms with Crippen LogP contribution >= 0.6 is 11.3 Å². The van der Waals surface area contributed by atoms with E-state index in [1.54, 1.807) is 0 Å². The molecule has 1 N–H and O–H groups in total. The number of hydrogen-bond donors (Lipinski definition) is 1. The Morgan fingerprint density at radius 1 is 1.19 bits per heavy atom. The van der Waals surface area contributed by atoms with Crippen molar-refractivity contribution in [3.05, 3.63) is 70.1 Å². The van der Waals surface area contributed by atoms with Gasteiger partial charge in [0.25, 0.3) is 0 Å². The van der Waals surface area contributed by atoms with E-state index in [0.717, 1.165) is 36.4 Å². The van der Waals surface area contributed by atoms with Crippen LogP contribution in [-0.4, -0.2) is 28.8 Å². The van der Waals surface area contributed by atoms with E-state index in [4.69, 9.17) is 0 Å². The fraction of sp³-hybridized carbons (Fsp3) is 0.190. The second-order valence-electron chi connectivity index (χ2n) is 6.60. The van der Waals surface area contributed by atoms with E-state index >= 15 is 0 Å². The van der Waals surface area contributed by atoms with Crippen LogP contribution in [0.1, 0.15) is 34.8 Å². The van der Waals surface area contributed by atoms with Crippen LogP contribution in [0.5, 0.6) is 0 Å². The van der Waals surface area contributed by atoms with Gasteiger partial charge in [0.2, 0.25) is 10.3 Å². The first-order valence-electron chi connectivity index (χ1n) is 9.28. The number of carbonyl (C=O) groups is 1. The Morgan fingerprint density at radius 3 is 2.47 bits per heavy atom. The maximum atomic E-state index is 14.5. The van der Waals surface area contributed by atoms with Gasteiger partial charge < -0.3 is 5.11 Å². The van der Waals surface area contributed by atoms with Crippen molar-refractivity contribution in [2.45, 2.75) is 19.5 Å². The molecule has 0 radical (unpaired) electrons. The number of anilines is 1. The van der Waals surface area contributed by atoms with Crippen LogP contribution in [0, 0.1) is 10.9 Å². The van der Waals surface area contributed by atoms with Crippen LogP contribution < -0.4 is 5.01 Å². The molecule has 0 aliphatic heterocycles. The second kappa shape index (κ2) is 9.43. The van der Waals surface area contributed by atoms with Crippen molar-refractivity contribution in [1.82, 2.24) is 4.98 Å². The Morgan fingerprint density at radius 2 is 1.88 bits per heavy atom. The monoisotopic (exact) mass is 469 g/mol. The number of rotatable bonds is 7. The number of thiazole rings is 1. The summed E-state index contributed by atoms with van der Waals surface area (Å²) >= 11 is 0.651. The highest BCUT2D eigenvalue weighted by atomic mass is 32.1. The number of aromatic carboxylic acids is 1. The molecular weight excluding hydrogens is 453 g/mol. The van der Waals surface area contributed by atoms with Crippen LogP contribution in [0.15, 0.2) is 47.6 Å². The van der Waals surface area contributed by atoms with Crippen LogP contribution in [0.3, 0.4) is 0 Å². The van der Waals surface area contributed by atoms with Gasteiger partial charge in [-0.05, 0) is 36.8 Å². The van der Waals surface area contributed by atoms with E-state index in [-0.39, 0.29) is 27.5 Å². The standard InChI is InChI=1S/C21H16F5N3O2S/c1-2-9-29(27-11-13-5-8-15(22)10-16(13)19(30)31)20-28-17(18(23)32-20)12-3-6-14(7-4-12)21(24,25)26/h3-8,10-11H,2,9H2,1H3,(H,30,31)/b27-11+. The minimum Gasteiger partial charge on any atom is -0.478 e. The number of hydrogen-bond acceptors (Lipinski definition) is 5. The number of halogens is 5. The number of alkyl halides is 3. The van der Waals surface area contributed by atoms with Gasteiger partial charge in [0.15, 0.2) is 0 Å². The Balaban J connectivity index is 1.92. The lowest BCUT2D eigenvalue weighted by atomic mass is 10.1. The average Bonchev–Trinajstić information content (AvgIpc) is 3.12. The molecule has 3 aromatic rings. The smallest absolute Gasteiger partial charge is 0.416 e. The first kappa shape index (κ1) is 23.3. The van der Waals surface area contributed by atoms with Gasteiger partial charge in [-0.1, -0.05) is 30.4 Å². The highest BCUT2D eigenvalue weighted by molar-refractivity contribution is 7.14. The third-order valence-electron chi connectivity index (χ3n) is 4.30. The summed E-state index contributed by atoms with van der Waals surface area (Å²) in [5.41, 5.74) is -0.961. The molecule has 11 heteroatoms. The fourth-order valence-electron chi connectivity index (χ4n) is 2.77. The first-order valence-corrected chi connectivity index (χ1v) is 10.1. The summed E-state index contributed by atoms with van der Waals surface area (Å²) in [4.78, 5) is 15.5. The van der Waals surface area contributed by atoms with E-state index in [2.05, 4.69) is 10.1 Å². The van der Waals surface area contributed by atoms with E-state index < -0.39 is 28.7 Å². The number of aromatic nitrogens is 1. The molecule has 5 nitrogen and oxygen atoms in total. The molecule has 3 rings (SSSR count). The summed E-state index contributed by atoms with van der Waals surface area (Å²) < 4.78 is 66.2. The van der Waals surface area contributed by atoms with Crippen LogP contribution in [0.4, 0.5) is 27.1 Å². The molecule has 0 atom stereocenters. The molecule has 0 fully saturated rings. The third-order valence-corrected chi connectivity index (χ3v) is 5.16. The maximum absolute atomic E-state index is 14.5. The Bertz CT molecular complexity index is 1140. The minimum atomic E-state index is -4.51. The van der Waals surface area contributed by atoms with Gasteiger partial charge in [-0.25, -0.2) is 19.2 Å². The Hall–Kier alpha value is -3.34. The van der Waals surface area contributed by atoms with Gasteiger partial charge in [-0.3, -0.25) is 0 Å². The SMILES string of the molecule is CCCN(/N=C/c1ccc(F)cc1C(=O)O)c1nc(-c2ccc(C(F)(F)F)cc2)c(F)s1. The van der Waals surface area contributed by atoms with Gasteiger partial charge in [0, 0.05) is 17.7 Å². The molecule has 168 valence electrons. The van der Waals surface area contributed by atoms with Crippen molar-refractivity contribution in [2.24, 2.45) is 5.10 Å². The first-order chi connectivity index (χ1) is 15.1. The van der Waals surface area contributed by atoms with Crippen molar-refractivity contribution < 1.29 is 31.9 Å². The van der Waals surface area contributed by atoms with Gasteiger partial charge in [-0.15, -0.1) is 0 Å². The predicted octanol–water partition coefficient (Wildman–Crippen LogP) is 6.06. The molecule has 0 amide bonds. The van der Waals surface area contributed by atoms with Crippen molar-refractivity contribution >= 4 is 28.7 Å². The average molecular weight is 469 g/mol. The molecule has 0 saturated carbocycles. The topological polar surface area (TPSA) is 65.8 Å². The zero-order chi connectivity index (χ0) is 23.5. The fourth-order valence-corrected chi connectivity index (χ4v) is 3.57. The van der Waals surface area contributed by atoms with Crippen LogP contribution in [0.25, 0.3) is 11.3 Å². The molecule has 1 heterocycles. The van der Waals surface area contributed by atoms with E-state index in [0.29, 0.717) is 24.3 Å². The summed E-state index contributed by atoms with van der Waals surface area (Å²) in [7, 11) is 0. The van der Waals surface area contributed by atoms with Crippen molar-refractivity contribution in [1.29, 1.82) is 0 Å². The lowest BCUT2D eigenvalue weighted by molar-refractivity contribution is -0.137. The zero-order valence-electron chi connectivity index (χ0n) is 16.5. The number of nitrogens with zero attached hydrogens (tertiary/aromatic N) is 3. The molecule has 2 aromatic carbocycles. The molecule has 0 aliphatic carbocycles. The van der Waals surface area contributed by atoms with Gasteiger partial charge in [0.05, 0.1) is 17.3 Å². The summed E-state index contributed by atoms with van der Waals surface area (Å²) in [6.07, 6.45) is -2.72. The molecule has 0 spiro atoms. The number of hydrazone groups is 1. The van der Waals surface area contributed by atoms with Gasteiger partial charge in [-0.2, -0.15) is 22.7 Å². The number of benzene rings is 2. The Kier molecular flexibility index (Phi) is 6.87. The van der Waals surface area contributed by atoms with Crippen molar-refractivity contribution in [3.8, 4) is 11.3 Å². The summed E-state index contributed by atoms with van der Waals surface area (Å²) in [6, 6.07) is 7.16. The lowest BCUT2D eigenvalue weighted by Crippen LogP contribution is -2.17. The highest BCUT2D eigenvalue weighted by Gasteiger charge is 2.30. The zero-order valence-corrected chi connectivity index (χ0v) is 17.3. The Labute approximate surface area is 183 Å². The largest absolute Gasteiger partial charge is 0.478 e. The molecule has 1 aromatic heterocycles. The quantitative estimate of drug-likeness (QED) is 0.260. The van der Waals surface area contributed by atoms with E-state index in [9.17, 15) is 31.9 Å². The van der Waals surface area contributed by atoms with Crippen LogP contribution in [-0.2, 0) is 6.18 Å². The number of carboxylic acids is 1.